The van der Waals surface area contributed by atoms with E-state index in [1.54, 1.807) is 12.1 Å². The Balaban J connectivity index is 1.69. The third kappa shape index (κ3) is 4.82. The van der Waals surface area contributed by atoms with Crippen molar-refractivity contribution in [3.8, 4) is 0 Å². The van der Waals surface area contributed by atoms with Crippen LogP contribution in [-0.4, -0.2) is 29.0 Å². The van der Waals surface area contributed by atoms with Gasteiger partial charge in [0.25, 0.3) is 5.91 Å². The first kappa shape index (κ1) is 19.3. The summed E-state index contributed by atoms with van der Waals surface area (Å²) in [7, 11) is 0. The molecule has 144 valence electrons. The Bertz CT molecular complexity index is 942. The third-order valence-corrected chi connectivity index (χ3v) is 4.22. The molecule has 0 radical (unpaired) electrons. The molecule has 0 aliphatic heterocycles. The number of carbonyl (C=O) groups excluding carboxylic acids is 1. The number of carbonyl (C=O) groups is 1. The zero-order valence-electron chi connectivity index (χ0n) is 15.8. The van der Waals surface area contributed by atoms with Crippen LogP contribution < -0.4 is 15.5 Å². The Morgan fingerprint density at radius 2 is 1.79 bits per heavy atom. The van der Waals surface area contributed by atoms with Crippen LogP contribution in [-0.2, 0) is 0 Å². The maximum absolute atomic E-state index is 13.3. The van der Waals surface area contributed by atoms with Crippen molar-refractivity contribution in [2.45, 2.75) is 13.8 Å². The number of aromatic nitrogens is 2. The number of rotatable bonds is 7. The van der Waals surface area contributed by atoms with Crippen LogP contribution in [0.25, 0.3) is 0 Å². The maximum Gasteiger partial charge on any atom is 0.274 e. The van der Waals surface area contributed by atoms with E-state index in [1.165, 1.54) is 24.4 Å². The quantitative estimate of drug-likeness (QED) is 0.634. The predicted octanol–water partition coefficient (Wildman–Crippen LogP) is 4.46. The molecule has 3 aromatic rings. The van der Waals surface area contributed by atoms with Crippen molar-refractivity contribution < 1.29 is 9.18 Å². The first-order chi connectivity index (χ1) is 13.6. The third-order valence-electron chi connectivity index (χ3n) is 4.22. The molecule has 6 nitrogen and oxygen atoms in total. The molecule has 3 rings (SSSR count). The summed E-state index contributed by atoms with van der Waals surface area (Å²) in [6, 6.07) is 15.1. The first-order valence-corrected chi connectivity index (χ1v) is 9.11. The number of amides is 1. The summed E-state index contributed by atoms with van der Waals surface area (Å²) in [5.74, 6) is -0.498. The number of hydrogen-bond donors (Lipinski definition) is 2. The maximum atomic E-state index is 13.3. The normalized spacial score (nSPS) is 10.4. The highest BCUT2D eigenvalue weighted by Crippen LogP contribution is 2.19. The second-order valence-corrected chi connectivity index (χ2v) is 6.07. The second-order valence-electron chi connectivity index (χ2n) is 6.07. The molecule has 0 unspecified atom stereocenters. The van der Waals surface area contributed by atoms with Gasteiger partial charge in [0.05, 0.1) is 0 Å². The van der Waals surface area contributed by atoms with Crippen molar-refractivity contribution in [2.24, 2.45) is 0 Å². The fraction of sp³-hybridized carbons (Fsp3) is 0.190. The Kier molecular flexibility index (Phi) is 6.16. The van der Waals surface area contributed by atoms with Gasteiger partial charge in [-0.2, -0.15) is 0 Å². The van der Waals surface area contributed by atoms with Crippen LogP contribution in [0.15, 0.2) is 60.8 Å². The molecule has 7 heteroatoms. The highest BCUT2D eigenvalue weighted by molar-refractivity contribution is 6.03. The van der Waals surface area contributed by atoms with Crippen LogP contribution in [0.4, 0.5) is 27.4 Å². The van der Waals surface area contributed by atoms with Gasteiger partial charge in [-0.3, -0.25) is 4.79 Å². The molecule has 0 atom stereocenters. The van der Waals surface area contributed by atoms with E-state index < -0.39 is 0 Å². The lowest BCUT2D eigenvalue weighted by Crippen LogP contribution is -2.21. The summed E-state index contributed by atoms with van der Waals surface area (Å²) >= 11 is 0. The van der Waals surface area contributed by atoms with Crippen LogP contribution >= 0.6 is 0 Å². The van der Waals surface area contributed by atoms with Crippen molar-refractivity contribution in [3.63, 3.8) is 0 Å². The zero-order valence-corrected chi connectivity index (χ0v) is 15.8. The lowest BCUT2D eigenvalue weighted by atomic mass is 10.2. The number of anilines is 4. The van der Waals surface area contributed by atoms with Gasteiger partial charge in [-0.15, -0.1) is 0 Å². The number of hydrogen-bond acceptors (Lipinski definition) is 5. The van der Waals surface area contributed by atoms with Crippen molar-refractivity contribution in [1.29, 1.82) is 0 Å². The molecule has 0 spiro atoms. The Labute approximate surface area is 163 Å². The molecule has 2 aromatic carbocycles. The molecular weight excluding hydrogens is 357 g/mol. The molecule has 2 N–H and O–H groups in total. The second kappa shape index (κ2) is 8.94. The van der Waals surface area contributed by atoms with Gasteiger partial charge in [0.15, 0.2) is 0 Å². The molecule has 0 bridgehead atoms. The smallest absolute Gasteiger partial charge is 0.274 e. The summed E-state index contributed by atoms with van der Waals surface area (Å²) in [6.45, 7) is 6.04. The fourth-order valence-electron chi connectivity index (χ4n) is 2.78. The van der Waals surface area contributed by atoms with Crippen molar-refractivity contribution in [3.05, 3.63) is 72.3 Å². The van der Waals surface area contributed by atoms with Gasteiger partial charge in [-0.05, 0) is 62.4 Å². The van der Waals surface area contributed by atoms with Crippen molar-refractivity contribution in [2.75, 3.05) is 28.6 Å². The lowest BCUT2D eigenvalue weighted by molar-refractivity contribution is 0.102. The van der Waals surface area contributed by atoms with Gasteiger partial charge in [0.2, 0.25) is 5.95 Å². The first-order valence-electron chi connectivity index (χ1n) is 9.11. The molecular formula is C21H22FN5O. The van der Waals surface area contributed by atoms with Crippen molar-refractivity contribution >= 4 is 28.9 Å². The summed E-state index contributed by atoms with van der Waals surface area (Å²) in [5.41, 5.74) is 2.50. The van der Waals surface area contributed by atoms with Crippen LogP contribution in [0.2, 0.25) is 0 Å². The summed E-state index contributed by atoms with van der Waals surface area (Å²) in [5, 5.41) is 5.71. The number of nitrogens with zero attached hydrogens (tertiary/aromatic N) is 3. The molecule has 0 saturated carbocycles. The molecule has 0 fully saturated rings. The van der Waals surface area contributed by atoms with E-state index >= 15 is 0 Å². The van der Waals surface area contributed by atoms with Crippen LogP contribution in [0, 0.1) is 5.82 Å². The van der Waals surface area contributed by atoms with Gasteiger partial charge in [-0.1, -0.05) is 6.07 Å². The zero-order chi connectivity index (χ0) is 19.9. The minimum atomic E-state index is -0.368. The molecule has 0 aliphatic rings. The number of halogens is 1. The van der Waals surface area contributed by atoms with E-state index in [9.17, 15) is 9.18 Å². The van der Waals surface area contributed by atoms with Gasteiger partial charge in [0.1, 0.15) is 11.5 Å². The molecule has 1 heterocycles. The van der Waals surface area contributed by atoms with Gasteiger partial charge in [0, 0.05) is 36.3 Å². The average Bonchev–Trinajstić information content (AvgIpc) is 2.70. The van der Waals surface area contributed by atoms with Crippen LogP contribution in [0.1, 0.15) is 24.3 Å². The fourth-order valence-corrected chi connectivity index (χ4v) is 2.78. The van der Waals surface area contributed by atoms with E-state index in [4.69, 9.17) is 0 Å². The number of nitrogens with one attached hydrogen (secondary N) is 2. The minimum absolute atomic E-state index is 0.210. The molecule has 0 saturated heterocycles. The Morgan fingerprint density at radius 1 is 1.04 bits per heavy atom. The minimum Gasteiger partial charge on any atom is -0.372 e. The molecule has 1 amide bonds. The monoisotopic (exact) mass is 379 g/mol. The molecule has 0 aliphatic carbocycles. The highest BCUT2D eigenvalue weighted by atomic mass is 19.1. The van der Waals surface area contributed by atoms with E-state index in [0.717, 1.165) is 18.8 Å². The standard InChI is InChI=1S/C21H22FN5O/c1-3-27(4-2)18-10-8-16(9-11-18)24-20(28)19-12-13-23-21(26-19)25-17-7-5-6-15(22)14-17/h5-14H,3-4H2,1-2H3,(H,24,28)(H,23,25,26). The topological polar surface area (TPSA) is 70.2 Å². The highest BCUT2D eigenvalue weighted by Gasteiger charge is 2.10. The summed E-state index contributed by atoms with van der Waals surface area (Å²) < 4.78 is 13.3. The van der Waals surface area contributed by atoms with Crippen molar-refractivity contribution in [1.82, 2.24) is 9.97 Å². The summed E-state index contributed by atoms with van der Waals surface area (Å²) in [4.78, 5) is 23.0. The SMILES string of the molecule is CCN(CC)c1ccc(NC(=O)c2ccnc(Nc3cccc(F)c3)n2)cc1. The average molecular weight is 379 g/mol. The van der Waals surface area contributed by atoms with E-state index in [-0.39, 0.29) is 23.4 Å². The predicted molar refractivity (Wildman–Crippen MR) is 110 cm³/mol. The Morgan fingerprint density at radius 3 is 2.46 bits per heavy atom. The van der Waals surface area contributed by atoms with Gasteiger partial charge >= 0.3 is 0 Å². The largest absolute Gasteiger partial charge is 0.372 e. The Hall–Kier alpha value is -3.48. The van der Waals surface area contributed by atoms with Crippen LogP contribution in [0.5, 0.6) is 0 Å². The number of benzene rings is 2. The summed E-state index contributed by atoms with van der Waals surface area (Å²) in [6.07, 6.45) is 1.48. The van der Waals surface area contributed by atoms with E-state index in [1.807, 2.05) is 24.3 Å². The van der Waals surface area contributed by atoms with E-state index in [2.05, 4.69) is 39.3 Å². The molecule has 28 heavy (non-hydrogen) atoms. The molecule has 1 aromatic heterocycles. The lowest BCUT2D eigenvalue weighted by Gasteiger charge is -2.21. The van der Waals surface area contributed by atoms with Gasteiger partial charge < -0.3 is 15.5 Å². The van der Waals surface area contributed by atoms with Crippen LogP contribution in [0.3, 0.4) is 0 Å². The van der Waals surface area contributed by atoms with E-state index in [0.29, 0.717) is 11.4 Å². The van der Waals surface area contributed by atoms with Gasteiger partial charge in [-0.25, -0.2) is 14.4 Å².